The standard InChI is InChI=1S/C8H17NOS/c1-11-6-2-4-9-8-3-5-10-7-8/h8-9H,2-7H2,1H3. The van der Waals surface area contributed by atoms with Crippen LogP contribution in [-0.2, 0) is 4.74 Å². The van der Waals surface area contributed by atoms with Crippen LogP contribution in [0.15, 0.2) is 0 Å². The van der Waals surface area contributed by atoms with Gasteiger partial charge in [-0.2, -0.15) is 11.8 Å². The Kier molecular flexibility index (Phi) is 4.99. The highest BCUT2D eigenvalue weighted by molar-refractivity contribution is 7.98. The molecular weight excluding hydrogens is 158 g/mol. The Morgan fingerprint density at radius 1 is 1.64 bits per heavy atom. The molecule has 2 nitrogen and oxygen atoms in total. The van der Waals surface area contributed by atoms with E-state index in [-0.39, 0.29) is 0 Å². The summed E-state index contributed by atoms with van der Waals surface area (Å²) in [6, 6.07) is 0.636. The molecule has 1 N–H and O–H groups in total. The van der Waals surface area contributed by atoms with Crippen LogP contribution in [0.4, 0.5) is 0 Å². The highest BCUT2D eigenvalue weighted by Crippen LogP contribution is 2.03. The van der Waals surface area contributed by atoms with Gasteiger partial charge < -0.3 is 10.1 Å². The number of hydrogen-bond acceptors (Lipinski definition) is 3. The Hall–Kier alpha value is 0.270. The van der Waals surface area contributed by atoms with Crippen molar-refractivity contribution in [3.63, 3.8) is 0 Å². The second kappa shape index (κ2) is 5.86. The molecule has 11 heavy (non-hydrogen) atoms. The Morgan fingerprint density at radius 3 is 3.18 bits per heavy atom. The molecule has 0 bridgehead atoms. The number of nitrogens with one attached hydrogen (secondary N) is 1. The largest absolute Gasteiger partial charge is 0.380 e. The quantitative estimate of drug-likeness (QED) is 0.633. The molecule has 0 aromatic carbocycles. The predicted octanol–water partition coefficient (Wildman–Crippen LogP) is 1.12. The lowest BCUT2D eigenvalue weighted by atomic mass is 10.2. The third kappa shape index (κ3) is 3.99. The lowest BCUT2D eigenvalue weighted by Gasteiger charge is -2.08. The van der Waals surface area contributed by atoms with Gasteiger partial charge in [-0.3, -0.25) is 0 Å². The van der Waals surface area contributed by atoms with Crippen LogP contribution in [0.2, 0.25) is 0 Å². The third-order valence-corrected chi connectivity index (χ3v) is 2.58. The van der Waals surface area contributed by atoms with E-state index in [1.165, 1.54) is 18.6 Å². The van der Waals surface area contributed by atoms with Gasteiger partial charge >= 0.3 is 0 Å². The molecule has 0 saturated carbocycles. The zero-order valence-electron chi connectivity index (χ0n) is 7.14. The highest BCUT2D eigenvalue weighted by Gasteiger charge is 2.13. The first-order valence-corrected chi connectivity index (χ1v) is 5.63. The molecule has 1 saturated heterocycles. The van der Waals surface area contributed by atoms with Crippen LogP contribution in [0.5, 0.6) is 0 Å². The molecule has 0 aliphatic carbocycles. The Labute approximate surface area is 73.1 Å². The Balaban J connectivity index is 1.86. The molecule has 0 aromatic rings. The molecule has 0 aromatic heterocycles. The summed E-state index contributed by atoms with van der Waals surface area (Å²) in [7, 11) is 0. The lowest BCUT2D eigenvalue weighted by molar-refractivity contribution is 0.190. The molecule has 0 spiro atoms. The van der Waals surface area contributed by atoms with Gasteiger partial charge in [0.05, 0.1) is 6.61 Å². The maximum atomic E-state index is 5.25. The monoisotopic (exact) mass is 175 g/mol. The van der Waals surface area contributed by atoms with E-state index in [2.05, 4.69) is 11.6 Å². The smallest absolute Gasteiger partial charge is 0.0620 e. The van der Waals surface area contributed by atoms with Gasteiger partial charge in [-0.05, 0) is 31.4 Å². The summed E-state index contributed by atoms with van der Waals surface area (Å²) in [5.41, 5.74) is 0. The second-order valence-corrected chi connectivity index (χ2v) is 3.85. The molecule has 0 radical (unpaired) electrons. The van der Waals surface area contributed by atoms with Crippen molar-refractivity contribution in [2.75, 3.05) is 31.8 Å². The van der Waals surface area contributed by atoms with Crippen molar-refractivity contribution in [1.82, 2.24) is 5.32 Å². The minimum absolute atomic E-state index is 0.636. The Morgan fingerprint density at radius 2 is 2.55 bits per heavy atom. The van der Waals surface area contributed by atoms with E-state index in [1.54, 1.807) is 0 Å². The van der Waals surface area contributed by atoms with Gasteiger partial charge in [-0.25, -0.2) is 0 Å². The van der Waals surface area contributed by atoms with E-state index in [4.69, 9.17) is 4.74 Å². The SMILES string of the molecule is CSCCCNC1CCOC1. The van der Waals surface area contributed by atoms with Crippen molar-refractivity contribution in [2.45, 2.75) is 18.9 Å². The predicted molar refractivity (Wildman–Crippen MR) is 50.2 cm³/mol. The third-order valence-electron chi connectivity index (χ3n) is 1.89. The number of hydrogen-bond donors (Lipinski definition) is 1. The van der Waals surface area contributed by atoms with E-state index in [1.807, 2.05) is 11.8 Å². The van der Waals surface area contributed by atoms with Gasteiger partial charge in [-0.1, -0.05) is 0 Å². The summed E-state index contributed by atoms with van der Waals surface area (Å²) in [5, 5.41) is 3.48. The summed E-state index contributed by atoms with van der Waals surface area (Å²) < 4.78 is 5.25. The number of thioether (sulfide) groups is 1. The molecule has 1 rings (SSSR count). The van der Waals surface area contributed by atoms with Crippen molar-refractivity contribution in [1.29, 1.82) is 0 Å². The van der Waals surface area contributed by atoms with Gasteiger partial charge in [0, 0.05) is 12.6 Å². The van der Waals surface area contributed by atoms with E-state index >= 15 is 0 Å². The van der Waals surface area contributed by atoms with E-state index in [0.717, 1.165) is 19.8 Å². The molecule has 1 fully saturated rings. The fourth-order valence-electron chi connectivity index (χ4n) is 1.22. The van der Waals surface area contributed by atoms with Gasteiger partial charge in [0.1, 0.15) is 0 Å². The normalized spacial score (nSPS) is 24.3. The number of rotatable bonds is 5. The van der Waals surface area contributed by atoms with Crippen molar-refractivity contribution in [3.05, 3.63) is 0 Å². The van der Waals surface area contributed by atoms with E-state index < -0.39 is 0 Å². The molecule has 0 amide bonds. The second-order valence-electron chi connectivity index (χ2n) is 2.86. The van der Waals surface area contributed by atoms with Crippen molar-refractivity contribution >= 4 is 11.8 Å². The van der Waals surface area contributed by atoms with Crippen LogP contribution < -0.4 is 5.32 Å². The molecule has 1 heterocycles. The molecule has 1 unspecified atom stereocenters. The van der Waals surface area contributed by atoms with Crippen LogP contribution in [-0.4, -0.2) is 37.8 Å². The topological polar surface area (TPSA) is 21.3 Å². The van der Waals surface area contributed by atoms with E-state index in [9.17, 15) is 0 Å². The van der Waals surface area contributed by atoms with Crippen LogP contribution >= 0.6 is 11.8 Å². The van der Waals surface area contributed by atoms with Gasteiger partial charge in [0.2, 0.25) is 0 Å². The average molecular weight is 175 g/mol. The first-order valence-electron chi connectivity index (χ1n) is 4.23. The fourth-order valence-corrected chi connectivity index (χ4v) is 1.65. The molecule has 66 valence electrons. The van der Waals surface area contributed by atoms with Gasteiger partial charge in [-0.15, -0.1) is 0 Å². The zero-order valence-corrected chi connectivity index (χ0v) is 7.95. The lowest BCUT2D eigenvalue weighted by Crippen LogP contribution is -2.30. The fraction of sp³-hybridized carbons (Fsp3) is 1.00. The maximum absolute atomic E-state index is 5.25. The first-order chi connectivity index (χ1) is 5.43. The molecule has 1 atom stereocenters. The molecule has 1 aliphatic heterocycles. The molecular formula is C8H17NOS. The molecule has 1 aliphatic rings. The van der Waals surface area contributed by atoms with Crippen LogP contribution in [0.1, 0.15) is 12.8 Å². The zero-order chi connectivity index (χ0) is 7.94. The summed E-state index contributed by atoms with van der Waals surface area (Å²) in [6.07, 6.45) is 4.62. The maximum Gasteiger partial charge on any atom is 0.0620 e. The summed E-state index contributed by atoms with van der Waals surface area (Å²) in [5.74, 6) is 1.26. The van der Waals surface area contributed by atoms with Gasteiger partial charge in [0.25, 0.3) is 0 Å². The summed E-state index contributed by atoms with van der Waals surface area (Å²) in [4.78, 5) is 0. The highest BCUT2D eigenvalue weighted by atomic mass is 32.2. The van der Waals surface area contributed by atoms with Crippen molar-refractivity contribution < 1.29 is 4.74 Å². The van der Waals surface area contributed by atoms with E-state index in [0.29, 0.717) is 6.04 Å². The van der Waals surface area contributed by atoms with Gasteiger partial charge in [0.15, 0.2) is 0 Å². The van der Waals surface area contributed by atoms with Crippen molar-refractivity contribution in [2.24, 2.45) is 0 Å². The van der Waals surface area contributed by atoms with Crippen LogP contribution in [0.25, 0.3) is 0 Å². The van der Waals surface area contributed by atoms with Crippen LogP contribution in [0, 0.1) is 0 Å². The summed E-state index contributed by atoms with van der Waals surface area (Å²) >= 11 is 1.91. The summed E-state index contributed by atoms with van der Waals surface area (Å²) in [6.45, 7) is 3.01. The minimum Gasteiger partial charge on any atom is -0.380 e. The first kappa shape index (κ1) is 9.36. The Bertz CT molecular complexity index is 94.1. The van der Waals surface area contributed by atoms with Crippen molar-refractivity contribution in [3.8, 4) is 0 Å². The average Bonchev–Trinajstić information content (AvgIpc) is 2.50. The van der Waals surface area contributed by atoms with Crippen LogP contribution in [0.3, 0.4) is 0 Å². The minimum atomic E-state index is 0.636. The molecule has 3 heteroatoms. The number of ether oxygens (including phenoxy) is 1.